The molecule has 0 radical (unpaired) electrons. The molecular formula is C22H26N4O2S. The van der Waals surface area contributed by atoms with E-state index in [0.717, 1.165) is 37.1 Å². The van der Waals surface area contributed by atoms with Crippen molar-refractivity contribution in [3.63, 3.8) is 0 Å². The number of imidazole rings is 1. The first kappa shape index (κ1) is 19.9. The summed E-state index contributed by atoms with van der Waals surface area (Å²) in [5.74, 6) is 1.45. The van der Waals surface area contributed by atoms with Crippen molar-refractivity contribution in [1.82, 2.24) is 9.55 Å². The fraction of sp³-hybridized carbons (Fsp3) is 0.455. The van der Waals surface area contributed by atoms with Crippen LogP contribution >= 0.6 is 11.8 Å². The minimum absolute atomic E-state index is 0.0185. The lowest BCUT2D eigenvalue weighted by molar-refractivity contribution is -0.118. The number of hydrogen-bond donors (Lipinski definition) is 0. The van der Waals surface area contributed by atoms with Crippen molar-refractivity contribution in [1.29, 1.82) is 0 Å². The van der Waals surface area contributed by atoms with Gasteiger partial charge < -0.3 is 0 Å². The first-order valence-corrected chi connectivity index (χ1v) is 11.3. The average Bonchev–Trinajstić information content (AvgIpc) is 3.18. The number of rotatable bonds is 4. The molecule has 2 aromatic rings. The molecule has 7 heteroatoms. The van der Waals surface area contributed by atoms with E-state index in [1.165, 1.54) is 23.2 Å². The topological polar surface area (TPSA) is 67.6 Å². The molecule has 2 heterocycles. The summed E-state index contributed by atoms with van der Waals surface area (Å²) in [5.41, 5.74) is 0.924. The van der Waals surface area contributed by atoms with E-state index < -0.39 is 0 Å². The van der Waals surface area contributed by atoms with Crippen molar-refractivity contribution in [2.45, 2.75) is 69.7 Å². The largest absolute Gasteiger partial charge is 0.274 e. The predicted molar refractivity (Wildman–Crippen MR) is 116 cm³/mol. The van der Waals surface area contributed by atoms with E-state index in [4.69, 9.17) is 4.98 Å². The molecule has 0 N–H and O–H groups in total. The van der Waals surface area contributed by atoms with Crippen LogP contribution in [-0.4, -0.2) is 26.4 Å². The molecule has 0 atom stereocenters. The Hall–Kier alpha value is -2.41. The Labute approximate surface area is 175 Å². The van der Waals surface area contributed by atoms with Gasteiger partial charge in [-0.3, -0.25) is 14.2 Å². The van der Waals surface area contributed by atoms with Gasteiger partial charge in [-0.15, -0.1) is 0 Å². The molecule has 152 valence electrons. The molecule has 1 saturated carbocycles. The Morgan fingerprint density at radius 1 is 1.03 bits per heavy atom. The van der Waals surface area contributed by atoms with E-state index in [0.29, 0.717) is 28.7 Å². The summed E-state index contributed by atoms with van der Waals surface area (Å²) in [6, 6.07) is 9.78. The van der Waals surface area contributed by atoms with Gasteiger partial charge in [-0.25, -0.2) is 4.98 Å². The first-order valence-electron chi connectivity index (χ1n) is 10.4. The van der Waals surface area contributed by atoms with Gasteiger partial charge in [0.25, 0.3) is 0 Å². The average molecular weight is 411 g/mol. The molecule has 0 bridgehead atoms. The molecule has 0 spiro atoms. The van der Waals surface area contributed by atoms with Gasteiger partial charge in [0.15, 0.2) is 5.82 Å². The van der Waals surface area contributed by atoms with Gasteiger partial charge in [-0.2, -0.15) is 10.1 Å². The third kappa shape index (κ3) is 3.75. The highest BCUT2D eigenvalue weighted by atomic mass is 32.2. The predicted octanol–water partition coefficient (Wildman–Crippen LogP) is 5.19. The molecule has 0 saturated heterocycles. The zero-order valence-corrected chi connectivity index (χ0v) is 17.7. The molecule has 2 aliphatic rings. The van der Waals surface area contributed by atoms with Crippen LogP contribution < -0.4 is 5.01 Å². The molecule has 4 rings (SSSR count). The van der Waals surface area contributed by atoms with Crippen LogP contribution in [0.2, 0.25) is 0 Å². The van der Waals surface area contributed by atoms with Crippen LogP contribution in [0.3, 0.4) is 0 Å². The van der Waals surface area contributed by atoms with E-state index >= 15 is 0 Å². The van der Waals surface area contributed by atoms with Crippen LogP contribution in [-0.2, 0) is 4.79 Å². The number of carbonyl (C=O) groups is 2. The molecule has 29 heavy (non-hydrogen) atoms. The van der Waals surface area contributed by atoms with Crippen LogP contribution in [0.25, 0.3) is 0 Å². The quantitative estimate of drug-likeness (QED) is 0.695. The highest BCUT2D eigenvalue weighted by molar-refractivity contribution is 8.14. The van der Waals surface area contributed by atoms with E-state index in [-0.39, 0.29) is 17.7 Å². The number of fused-ring (bicyclic) bond motifs is 1. The second kappa shape index (κ2) is 8.53. The second-order valence-corrected chi connectivity index (χ2v) is 8.43. The highest BCUT2D eigenvalue weighted by Crippen LogP contribution is 2.42. The fourth-order valence-corrected chi connectivity index (χ4v) is 5.01. The van der Waals surface area contributed by atoms with Crippen LogP contribution in [0.15, 0.2) is 40.5 Å². The van der Waals surface area contributed by atoms with Gasteiger partial charge in [0, 0.05) is 24.3 Å². The zero-order valence-electron chi connectivity index (χ0n) is 16.9. The molecule has 6 nitrogen and oxygen atoms in total. The highest BCUT2D eigenvalue weighted by Gasteiger charge is 2.35. The summed E-state index contributed by atoms with van der Waals surface area (Å²) in [4.78, 5) is 30.5. The summed E-state index contributed by atoms with van der Waals surface area (Å²) in [7, 11) is 0. The molecule has 1 aromatic heterocycles. The van der Waals surface area contributed by atoms with Gasteiger partial charge in [0.1, 0.15) is 15.9 Å². The van der Waals surface area contributed by atoms with E-state index in [1.54, 1.807) is 4.57 Å². The third-order valence-electron chi connectivity index (χ3n) is 5.51. The SMILES string of the molecule is CCC(=O)N1N=C(c2ccccc2)Sc2c1nc(C1CCCCC1)n2C(=O)CC. The maximum absolute atomic E-state index is 13.0. The number of carbonyl (C=O) groups excluding carboxylic acids is 2. The van der Waals surface area contributed by atoms with E-state index in [1.807, 2.05) is 44.2 Å². The molecule has 1 fully saturated rings. The lowest BCUT2D eigenvalue weighted by Crippen LogP contribution is -2.29. The van der Waals surface area contributed by atoms with Crippen molar-refractivity contribution >= 4 is 34.4 Å². The lowest BCUT2D eigenvalue weighted by Gasteiger charge is -2.23. The standard InChI is InChI=1S/C22H26N4O2S/c1-3-17(27)25-19(15-11-7-5-8-12-15)23-20-22(25)29-21(16-13-9-6-10-14-16)24-26(20)18(28)4-2/h6,9-10,13-15H,3-5,7-8,11-12H2,1-2H3. The summed E-state index contributed by atoms with van der Waals surface area (Å²) < 4.78 is 1.77. The Morgan fingerprint density at radius 3 is 2.38 bits per heavy atom. The Morgan fingerprint density at radius 2 is 1.72 bits per heavy atom. The van der Waals surface area contributed by atoms with Crippen LogP contribution in [0, 0.1) is 0 Å². The van der Waals surface area contributed by atoms with Crippen LogP contribution in [0.4, 0.5) is 5.82 Å². The Balaban J connectivity index is 1.85. The number of benzene rings is 1. The number of hydrazone groups is 1. The fourth-order valence-electron chi connectivity index (χ4n) is 3.94. The molecular weight excluding hydrogens is 384 g/mol. The molecule has 1 amide bonds. The Bertz CT molecular complexity index is 945. The molecule has 1 aliphatic carbocycles. The number of hydrogen-bond acceptors (Lipinski definition) is 5. The van der Waals surface area contributed by atoms with Gasteiger partial charge >= 0.3 is 0 Å². The van der Waals surface area contributed by atoms with Crippen molar-refractivity contribution < 1.29 is 9.59 Å². The number of thioether (sulfide) groups is 1. The maximum atomic E-state index is 13.0. The van der Waals surface area contributed by atoms with Crippen LogP contribution in [0.5, 0.6) is 0 Å². The minimum Gasteiger partial charge on any atom is -0.274 e. The third-order valence-corrected chi connectivity index (χ3v) is 6.58. The van der Waals surface area contributed by atoms with Crippen molar-refractivity contribution in [2.75, 3.05) is 5.01 Å². The monoisotopic (exact) mass is 410 g/mol. The summed E-state index contributed by atoms with van der Waals surface area (Å²) in [6.07, 6.45) is 6.32. The lowest BCUT2D eigenvalue weighted by atomic mass is 9.88. The summed E-state index contributed by atoms with van der Waals surface area (Å²) >= 11 is 1.43. The van der Waals surface area contributed by atoms with Gasteiger partial charge in [0.05, 0.1) is 0 Å². The molecule has 1 aliphatic heterocycles. The maximum Gasteiger partial charge on any atom is 0.248 e. The van der Waals surface area contributed by atoms with Gasteiger partial charge in [-0.05, 0) is 24.6 Å². The number of anilines is 1. The normalized spacial score (nSPS) is 17.0. The molecule has 0 unspecified atom stereocenters. The number of nitrogens with zero attached hydrogens (tertiary/aromatic N) is 4. The van der Waals surface area contributed by atoms with Gasteiger partial charge in [0.2, 0.25) is 11.8 Å². The second-order valence-electron chi connectivity index (χ2n) is 7.45. The van der Waals surface area contributed by atoms with Crippen molar-refractivity contribution in [2.24, 2.45) is 5.10 Å². The zero-order chi connectivity index (χ0) is 20.4. The molecule has 1 aromatic carbocycles. The van der Waals surface area contributed by atoms with Crippen molar-refractivity contribution in [3.05, 3.63) is 41.7 Å². The summed E-state index contributed by atoms with van der Waals surface area (Å²) in [6.45, 7) is 3.69. The minimum atomic E-state index is -0.122. The van der Waals surface area contributed by atoms with Crippen LogP contribution in [0.1, 0.15) is 80.9 Å². The Kier molecular flexibility index (Phi) is 5.85. The number of aromatic nitrogens is 2. The van der Waals surface area contributed by atoms with E-state index in [9.17, 15) is 9.59 Å². The first-order chi connectivity index (χ1) is 14.1. The number of amides is 1. The summed E-state index contributed by atoms with van der Waals surface area (Å²) in [5, 5.41) is 7.45. The van der Waals surface area contributed by atoms with Gasteiger partial charge in [-0.1, -0.05) is 63.4 Å². The van der Waals surface area contributed by atoms with E-state index in [2.05, 4.69) is 5.10 Å². The van der Waals surface area contributed by atoms with Crippen molar-refractivity contribution in [3.8, 4) is 0 Å². The smallest absolute Gasteiger partial charge is 0.248 e.